The van der Waals surface area contributed by atoms with Crippen molar-refractivity contribution in [1.82, 2.24) is 10.6 Å². The highest BCUT2D eigenvalue weighted by Crippen LogP contribution is 2.23. The lowest BCUT2D eigenvalue weighted by atomic mass is 9.98. The molecule has 0 spiro atoms. The number of pyridine rings is 1. The second-order valence-electron chi connectivity index (χ2n) is 8.48. The summed E-state index contributed by atoms with van der Waals surface area (Å²) in [4.78, 5) is 25.3. The molecule has 2 heterocycles. The predicted octanol–water partition coefficient (Wildman–Crippen LogP) is 2.56. The van der Waals surface area contributed by atoms with Crippen molar-refractivity contribution >= 4 is 23.2 Å². The third-order valence-corrected chi connectivity index (χ3v) is 6.41. The van der Waals surface area contributed by atoms with Crippen LogP contribution in [-0.2, 0) is 26.1 Å². The quantitative estimate of drug-likeness (QED) is 0.346. The molecule has 0 radical (unpaired) electrons. The highest BCUT2D eigenvalue weighted by atomic mass is 16.2. The van der Waals surface area contributed by atoms with Crippen molar-refractivity contribution < 1.29 is 14.2 Å². The van der Waals surface area contributed by atoms with Gasteiger partial charge < -0.3 is 22.1 Å². The van der Waals surface area contributed by atoms with Gasteiger partial charge in [-0.25, -0.2) is 0 Å². The standard InChI is InChI=1S/C26H29N5O2/c1-16-22(14-29-25(32)18-5-9-20(27)10-6-18)17(2)31-13-3-4-24(31)23(16)15-30-26(33)19-7-11-21(28)12-8-19/h5-12H,3-4,13-15H2,1-2H3,(H5-,27,28,29,30,32,33)/p+1. The molecule has 7 nitrogen and oxygen atoms in total. The minimum Gasteiger partial charge on any atom is -0.399 e. The van der Waals surface area contributed by atoms with Gasteiger partial charge in [0.05, 0.1) is 0 Å². The summed E-state index contributed by atoms with van der Waals surface area (Å²) in [6, 6.07) is 13.8. The Morgan fingerprint density at radius 3 is 1.82 bits per heavy atom. The number of nitrogens with two attached hydrogens (primary N) is 2. The lowest BCUT2D eigenvalue weighted by Gasteiger charge is -2.16. The molecule has 0 atom stereocenters. The van der Waals surface area contributed by atoms with Crippen LogP contribution in [0.4, 0.5) is 11.4 Å². The van der Waals surface area contributed by atoms with Gasteiger partial charge in [-0.1, -0.05) is 0 Å². The van der Waals surface area contributed by atoms with Crippen LogP contribution in [0.25, 0.3) is 0 Å². The summed E-state index contributed by atoms with van der Waals surface area (Å²) in [5.41, 5.74) is 19.6. The van der Waals surface area contributed by atoms with E-state index in [1.54, 1.807) is 48.5 Å². The van der Waals surface area contributed by atoms with Crippen molar-refractivity contribution in [3.8, 4) is 0 Å². The van der Waals surface area contributed by atoms with Gasteiger partial charge in [-0.2, -0.15) is 4.57 Å². The Bertz CT molecular complexity index is 1200. The third-order valence-electron chi connectivity index (χ3n) is 6.41. The van der Waals surface area contributed by atoms with Crippen molar-refractivity contribution in [2.45, 2.75) is 46.3 Å². The number of rotatable bonds is 6. The maximum absolute atomic E-state index is 12.7. The van der Waals surface area contributed by atoms with Crippen molar-refractivity contribution in [3.05, 3.63) is 87.7 Å². The Morgan fingerprint density at radius 1 is 0.818 bits per heavy atom. The Balaban J connectivity index is 1.55. The van der Waals surface area contributed by atoms with E-state index >= 15 is 0 Å². The molecule has 0 saturated carbocycles. The van der Waals surface area contributed by atoms with E-state index in [1.165, 1.54) is 5.69 Å². The lowest BCUT2D eigenvalue weighted by molar-refractivity contribution is -0.697. The number of amides is 2. The number of carbonyl (C=O) groups excluding carboxylic acids is 2. The molecule has 2 aromatic carbocycles. The van der Waals surface area contributed by atoms with E-state index in [0.29, 0.717) is 35.6 Å². The zero-order valence-electron chi connectivity index (χ0n) is 19.1. The molecule has 0 fully saturated rings. The fourth-order valence-corrected chi connectivity index (χ4v) is 4.50. The number of aromatic nitrogens is 1. The molecule has 0 saturated heterocycles. The summed E-state index contributed by atoms with van der Waals surface area (Å²) in [7, 11) is 0. The summed E-state index contributed by atoms with van der Waals surface area (Å²) < 4.78 is 2.32. The number of carbonyl (C=O) groups is 2. The number of hydrogen-bond acceptors (Lipinski definition) is 4. The van der Waals surface area contributed by atoms with E-state index in [-0.39, 0.29) is 11.8 Å². The van der Waals surface area contributed by atoms with Crippen molar-refractivity contribution in [1.29, 1.82) is 0 Å². The highest BCUT2D eigenvalue weighted by molar-refractivity contribution is 5.95. The topological polar surface area (TPSA) is 114 Å². The lowest BCUT2D eigenvalue weighted by Crippen LogP contribution is -2.41. The van der Waals surface area contributed by atoms with Crippen molar-refractivity contribution in [2.24, 2.45) is 0 Å². The van der Waals surface area contributed by atoms with E-state index < -0.39 is 0 Å². The van der Waals surface area contributed by atoms with Gasteiger partial charge in [0.25, 0.3) is 11.8 Å². The molecular formula is C26H30N5O2+. The smallest absolute Gasteiger partial charge is 0.251 e. The summed E-state index contributed by atoms with van der Waals surface area (Å²) >= 11 is 0. The van der Waals surface area contributed by atoms with E-state index in [1.807, 2.05) is 0 Å². The van der Waals surface area contributed by atoms with E-state index in [0.717, 1.165) is 41.8 Å². The molecule has 4 rings (SSSR count). The van der Waals surface area contributed by atoms with Crippen LogP contribution in [0.5, 0.6) is 0 Å². The number of nitrogens with zero attached hydrogens (tertiary/aromatic N) is 1. The van der Waals surface area contributed by atoms with E-state index in [9.17, 15) is 9.59 Å². The monoisotopic (exact) mass is 444 g/mol. The van der Waals surface area contributed by atoms with Gasteiger partial charge in [-0.15, -0.1) is 0 Å². The third kappa shape index (κ3) is 4.67. The average Bonchev–Trinajstić information content (AvgIpc) is 3.29. The van der Waals surface area contributed by atoms with Crippen LogP contribution in [0.15, 0.2) is 48.5 Å². The summed E-state index contributed by atoms with van der Waals surface area (Å²) in [5, 5.41) is 6.09. The summed E-state index contributed by atoms with van der Waals surface area (Å²) in [5.74, 6) is -0.276. The van der Waals surface area contributed by atoms with Gasteiger partial charge >= 0.3 is 0 Å². The molecule has 1 aliphatic rings. The number of nitrogens with one attached hydrogen (secondary N) is 2. The first kappa shape index (κ1) is 22.3. The first-order valence-corrected chi connectivity index (χ1v) is 11.2. The van der Waals surface area contributed by atoms with Crippen molar-refractivity contribution in [2.75, 3.05) is 11.5 Å². The second-order valence-corrected chi connectivity index (χ2v) is 8.48. The first-order valence-electron chi connectivity index (χ1n) is 11.2. The minimum absolute atomic E-state index is 0.134. The van der Waals surface area contributed by atoms with Crippen molar-refractivity contribution in [3.63, 3.8) is 0 Å². The van der Waals surface area contributed by atoms with Crippen LogP contribution in [0.3, 0.4) is 0 Å². The molecular weight excluding hydrogens is 414 g/mol. The predicted molar refractivity (Wildman–Crippen MR) is 128 cm³/mol. The first-order chi connectivity index (χ1) is 15.8. The van der Waals surface area contributed by atoms with Crippen LogP contribution in [0.2, 0.25) is 0 Å². The Morgan fingerprint density at radius 2 is 1.30 bits per heavy atom. The Kier molecular flexibility index (Phi) is 6.31. The number of benzene rings is 2. The molecule has 0 aliphatic carbocycles. The molecule has 33 heavy (non-hydrogen) atoms. The normalized spacial score (nSPS) is 12.3. The maximum atomic E-state index is 12.7. The van der Waals surface area contributed by atoms with Gasteiger partial charge in [-0.05, 0) is 61.0 Å². The highest BCUT2D eigenvalue weighted by Gasteiger charge is 2.30. The zero-order valence-corrected chi connectivity index (χ0v) is 19.1. The van der Waals surface area contributed by atoms with Gasteiger partial charge in [0.2, 0.25) is 0 Å². The van der Waals surface area contributed by atoms with E-state index in [4.69, 9.17) is 11.5 Å². The Hall–Kier alpha value is -3.87. The van der Waals surface area contributed by atoms with Gasteiger partial charge in [-0.3, -0.25) is 9.59 Å². The molecule has 0 unspecified atom stereocenters. The SMILES string of the molecule is Cc1c(CNC(=O)c2ccc(N)cc2)c(C)[n+]2c(c1CNC(=O)c1ccc(N)cc1)CCC2. The maximum Gasteiger partial charge on any atom is 0.251 e. The fourth-order valence-electron chi connectivity index (χ4n) is 4.50. The molecule has 170 valence electrons. The van der Waals surface area contributed by atoms with Gasteiger partial charge in [0, 0.05) is 66.5 Å². The summed E-state index contributed by atoms with van der Waals surface area (Å²) in [6.07, 6.45) is 2.05. The number of anilines is 2. The van der Waals surface area contributed by atoms with Gasteiger partial charge in [0.15, 0.2) is 11.4 Å². The average molecular weight is 445 g/mol. The molecule has 6 N–H and O–H groups in total. The summed E-state index contributed by atoms with van der Waals surface area (Å²) in [6.45, 7) is 5.97. The van der Waals surface area contributed by atoms with Crippen LogP contribution in [0.1, 0.15) is 55.2 Å². The molecule has 3 aromatic rings. The zero-order chi connectivity index (χ0) is 23.5. The fraction of sp³-hybridized carbons (Fsp3) is 0.269. The Labute approximate surface area is 193 Å². The molecule has 1 aromatic heterocycles. The van der Waals surface area contributed by atoms with E-state index in [2.05, 4.69) is 29.0 Å². The van der Waals surface area contributed by atoms with Crippen LogP contribution < -0.4 is 26.7 Å². The minimum atomic E-state index is -0.141. The van der Waals surface area contributed by atoms with Gasteiger partial charge in [0.1, 0.15) is 6.54 Å². The number of nitrogen functional groups attached to an aromatic ring is 2. The molecule has 1 aliphatic heterocycles. The molecule has 7 heteroatoms. The number of fused-ring (bicyclic) bond motifs is 1. The largest absolute Gasteiger partial charge is 0.399 e. The van der Waals surface area contributed by atoms with Crippen LogP contribution in [0, 0.1) is 13.8 Å². The molecule has 0 bridgehead atoms. The van der Waals surface area contributed by atoms with Crippen LogP contribution in [-0.4, -0.2) is 11.8 Å². The second kappa shape index (κ2) is 9.32. The number of hydrogen-bond donors (Lipinski definition) is 4. The molecule has 2 amide bonds. The van der Waals surface area contributed by atoms with Crippen LogP contribution >= 0.6 is 0 Å².